The number of hydrogen-bond acceptors (Lipinski definition) is 3. The minimum Gasteiger partial charge on any atom is -0.480 e. The average molecular weight is 296 g/mol. The summed E-state index contributed by atoms with van der Waals surface area (Å²) < 4.78 is 0. The van der Waals surface area contributed by atoms with E-state index < -0.39 is 18.0 Å². The summed E-state index contributed by atoms with van der Waals surface area (Å²) in [4.78, 5) is 24.2. The van der Waals surface area contributed by atoms with Gasteiger partial charge in [0.05, 0.1) is 6.04 Å². The van der Waals surface area contributed by atoms with Crippen LogP contribution in [0, 0.1) is 5.92 Å². The highest BCUT2D eigenvalue weighted by Crippen LogP contribution is 2.32. The Bertz CT molecular complexity index is 457. The van der Waals surface area contributed by atoms with Gasteiger partial charge in [-0.2, -0.15) is 0 Å². The lowest BCUT2D eigenvalue weighted by Gasteiger charge is -2.20. The first kappa shape index (κ1) is 14.8. The number of aliphatic carboxylic acids is 1. The summed E-state index contributed by atoms with van der Waals surface area (Å²) in [7, 11) is 0. The smallest absolute Gasteiger partial charge is 0.326 e. The number of urea groups is 1. The van der Waals surface area contributed by atoms with Crippen LogP contribution in [0.4, 0.5) is 4.79 Å². The second-order valence-corrected chi connectivity index (χ2v) is 6.11. The van der Waals surface area contributed by atoms with Crippen molar-refractivity contribution in [3.05, 3.63) is 22.4 Å². The Balaban J connectivity index is 1.92. The van der Waals surface area contributed by atoms with E-state index in [2.05, 4.69) is 17.6 Å². The lowest BCUT2D eigenvalue weighted by molar-refractivity contribution is -0.139. The maximum Gasteiger partial charge on any atom is 0.326 e. The van der Waals surface area contributed by atoms with Crippen LogP contribution in [-0.2, 0) is 4.79 Å². The van der Waals surface area contributed by atoms with Crippen molar-refractivity contribution in [2.45, 2.75) is 44.7 Å². The molecule has 0 aliphatic heterocycles. The monoisotopic (exact) mass is 296 g/mol. The highest BCUT2D eigenvalue weighted by Gasteiger charge is 2.37. The van der Waals surface area contributed by atoms with Gasteiger partial charge in [-0.25, -0.2) is 9.59 Å². The van der Waals surface area contributed by atoms with Crippen LogP contribution >= 0.6 is 11.3 Å². The molecule has 1 aromatic heterocycles. The molecule has 1 aromatic rings. The molecular formula is C14H20N2O3S. The predicted octanol–water partition coefficient (Wildman–Crippen LogP) is 2.75. The highest BCUT2D eigenvalue weighted by molar-refractivity contribution is 7.10. The van der Waals surface area contributed by atoms with Gasteiger partial charge in [-0.05, 0) is 36.6 Å². The van der Waals surface area contributed by atoms with Gasteiger partial charge in [-0.1, -0.05) is 19.4 Å². The zero-order chi connectivity index (χ0) is 14.5. The second kappa shape index (κ2) is 6.74. The Morgan fingerprint density at radius 2 is 2.20 bits per heavy atom. The summed E-state index contributed by atoms with van der Waals surface area (Å²) in [6.45, 7) is 2.06. The van der Waals surface area contributed by atoms with Gasteiger partial charge < -0.3 is 15.7 Å². The molecule has 1 heterocycles. The fourth-order valence-corrected chi connectivity index (χ4v) is 3.03. The Morgan fingerprint density at radius 1 is 1.45 bits per heavy atom. The van der Waals surface area contributed by atoms with Gasteiger partial charge in [0.1, 0.15) is 6.04 Å². The number of hydrogen-bond donors (Lipinski definition) is 3. The maximum atomic E-state index is 12.0. The lowest BCUT2D eigenvalue weighted by Crippen LogP contribution is -2.48. The van der Waals surface area contributed by atoms with Crippen molar-refractivity contribution >= 4 is 23.3 Å². The Kier molecular flexibility index (Phi) is 5.00. The van der Waals surface area contributed by atoms with Gasteiger partial charge in [0.25, 0.3) is 0 Å². The van der Waals surface area contributed by atoms with E-state index in [0.717, 1.165) is 30.6 Å². The van der Waals surface area contributed by atoms with Crippen LogP contribution in [-0.4, -0.2) is 23.1 Å². The molecule has 20 heavy (non-hydrogen) atoms. The van der Waals surface area contributed by atoms with Gasteiger partial charge in [0, 0.05) is 4.88 Å². The standard InChI is InChI=1S/C14H20N2O3S/c1-2-4-10(11-5-3-8-20-11)15-14(19)16-12(13(17)18)9-6-7-9/h3,5,8-10,12H,2,4,6-7H2,1H3,(H,17,18)(H2,15,16,19). The quantitative estimate of drug-likeness (QED) is 0.724. The third kappa shape index (κ3) is 3.96. The summed E-state index contributed by atoms with van der Waals surface area (Å²) in [6.07, 6.45) is 3.55. The molecule has 5 nitrogen and oxygen atoms in total. The molecule has 2 unspecified atom stereocenters. The van der Waals surface area contributed by atoms with Crippen LogP contribution in [0.25, 0.3) is 0 Å². The van der Waals surface area contributed by atoms with Gasteiger partial charge in [-0.3, -0.25) is 0 Å². The predicted molar refractivity (Wildman–Crippen MR) is 77.8 cm³/mol. The fourth-order valence-electron chi connectivity index (χ4n) is 2.22. The van der Waals surface area contributed by atoms with Gasteiger partial charge in [0.2, 0.25) is 0 Å². The van der Waals surface area contributed by atoms with Crippen molar-refractivity contribution in [3.8, 4) is 0 Å². The number of thiophene rings is 1. The summed E-state index contributed by atoms with van der Waals surface area (Å²) in [6, 6.07) is 2.73. The van der Waals surface area contributed by atoms with Crippen molar-refractivity contribution < 1.29 is 14.7 Å². The second-order valence-electron chi connectivity index (χ2n) is 5.13. The van der Waals surface area contributed by atoms with Crippen molar-refractivity contribution in [3.63, 3.8) is 0 Å². The number of carbonyl (C=O) groups is 2. The van der Waals surface area contributed by atoms with Crippen molar-refractivity contribution in [1.29, 1.82) is 0 Å². The summed E-state index contributed by atoms with van der Waals surface area (Å²) in [5.41, 5.74) is 0. The first-order chi connectivity index (χ1) is 9.61. The molecular weight excluding hydrogens is 276 g/mol. The number of nitrogens with one attached hydrogen (secondary N) is 2. The van der Waals surface area contributed by atoms with Crippen LogP contribution in [0.3, 0.4) is 0 Å². The van der Waals surface area contributed by atoms with E-state index in [9.17, 15) is 9.59 Å². The third-order valence-corrected chi connectivity index (χ3v) is 4.40. The van der Waals surface area contributed by atoms with E-state index in [-0.39, 0.29) is 12.0 Å². The molecule has 2 atom stereocenters. The van der Waals surface area contributed by atoms with E-state index >= 15 is 0 Å². The number of carbonyl (C=O) groups excluding carboxylic acids is 1. The zero-order valence-electron chi connectivity index (χ0n) is 11.5. The number of carboxylic acids is 1. The van der Waals surface area contributed by atoms with Gasteiger partial charge in [-0.15, -0.1) is 11.3 Å². The SMILES string of the molecule is CCCC(NC(=O)NC(C(=O)O)C1CC1)c1cccs1. The first-order valence-corrected chi connectivity index (χ1v) is 7.83. The molecule has 2 amide bonds. The van der Waals surface area contributed by atoms with Crippen LogP contribution in [0.2, 0.25) is 0 Å². The largest absolute Gasteiger partial charge is 0.480 e. The number of rotatable bonds is 7. The van der Waals surface area contributed by atoms with E-state index in [1.54, 1.807) is 11.3 Å². The normalized spacial score (nSPS) is 17.2. The summed E-state index contributed by atoms with van der Waals surface area (Å²) in [5.74, 6) is -0.865. The van der Waals surface area contributed by atoms with Gasteiger partial charge >= 0.3 is 12.0 Å². The van der Waals surface area contributed by atoms with E-state index in [0.29, 0.717) is 0 Å². The number of amides is 2. The average Bonchev–Trinajstić information content (AvgIpc) is 3.08. The molecule has 0 spiro atoms. The third-order valence-electron chi connectivity index (χ3n) is 3.42. The highest BCUT2D eigenvalue weighted by atomic mass is 32.1. The molecule has 0 radical (unpaired) electrons. The summed E-state index contributed by atoms with van der Waals surface area (Å²) >= 11 is 1.60. The minimum atomic E-state index is -0.953. The molecule has 2 rings (SSSR count). The van der Waals surface area contributed by atoms with Crippen LogP contribution in [0.1, 0.15) is 43.5 Å². The topological polar surface area (TPSA) is 78.4 Å². The van der Waals surface area contributed by atoms with Crippen molar-refractivity contribution in [1.82, 2.24) is 10.6 Å². The first-order valence-electron chi connectivity index (χ1n) is 6.95. The van der Waals surface area contributed by atoms with Gasteiger partial charge in [0.15, 0.2) is 0 Å². The Hall–Kier alpha value is -1.56. The molecule has 1 fully saturated rings. The maximum absolute atomic E-state index is 12.0. The molecule has 0 saturated heterocycles. The summed E-state index contributed by atoms with van der Waals surface area (Å²) in [5, 5.41) is 16.6. The molecule has 110 valence electrons. The van der Waals surface area contributed by atoms with E-state index in [1.807, 2.05) is 17.5 Å². The number of carboxylic acid groups (broad SMARTS) is 1. The van der Waals surface area contributed by atoms with Crippen molar-refractivity contribution in [2.24, 2.45) is 5.92 Å². The Labute approximate surface area is 122 Å². The van der Waals surface area contributed by atoms with Crippen molar-refractivity contribution in [2.75, 3.05) is 0 Å². The van der Waals surface area contributed by atoms with E-state index in [4.69, 9.17) is 5.11 Å². The van der Waals surface area contributed by atoms with Crippen LogP contribution in [0.15, 0.2) is 17.5 Å². The molecule has 0 bridgehead atoms. The van der Waals surface area contributed by atoms with Crippen LogP contribution < -0.4 is 10.6 Å². The Morgan fingerprint density at radius 3 is 2.70 bits per heavy atom. The lowest BCUT2D eigenvalue weighted by atomic mass is 10.1. The molecule has 1 aliphatic carbocycles. The molecule has 1 aliphatic rings. The molecule has 3 N–H and O–H groups in total. The minimum absolute atomic E-state index is 0.0475. The molecule has 6 heteroatoms. The molecule has 1 saturated carbocycles. The zero-order valence-corrected chi connectivity index (χ0v) is 12.3. The van der Waals surface area contributed by atoms with Crippen LogP contribution in [0.5, 0.6) is 0 Å². The molecule has 0 aromatic carbocycles. The van der Waals surface area contributed by atoms with E-state index in [1.165, 1.54) is 0 Å². The fraction of sp³-hybridized carbons (Fsp3) is 0.571.